The van der Waals surface area contributed by atoms with E-state index >= 15 is 0 Å². The van der Waals surface area contributed by atoms with Gasteiger partial charge in [0, 0.05) is 24.5 Å². The van der Waals surface area contributed by atoms with Crippen molar-refractivity contribution in [3.8, 4) is 6.07 Å². The standard InChI is InChI=1S/C21H25N7O/c1-11-12(2)19(24-10-14(11)9-22)21(29)26-15-4-5-17-16(8-15)20(28-27-17)18-6-7-23-13(3)25-18/h6-7,10,15-17,20,27-28H,4-5,8H2,1-3H3,(H,26,29). The molecule has 3 heterocycles. The zero-order chi connectivity index (χ0) is 20.5. The molecule has 1 saturated carbocycles. The zero-order valence-corrected chi connectivity index (χ0v) is 16.9. The molecule has 1 amide bonds. The molecule has 4 rings (SSSR count). The fraction of sp³-hybridized carbons (Fsp3) is 0.476. The van der Waals surface area contributed by atoms with Crippen molar-refractivity contribution in [1.82, 2.24) is 31.1 Å². The largest absolute Gasteiger partial charge is 0.348 e. The summed E-state index contributed by atoms with van der Waals surface area (Å²) in [6.45, 7) is 5.58. The van der Waals surface area contributed by atoms with E-state index in [1.165, 1.54) is 6.20 Å². The lowest BCUT2D eigenvalue weighted by Gasteiger charge is -2.33. The highest BCUT2D eigenvalue weighted by atomic mass is 16.1. The fourth-order valence-corrected chi connectivity index (χ4v) is 4.43. The number of fused-ring (bicyclic) bond motifs is 1. The number of amides is 1. The Labute approximate surface area is 170 Å². The third-order valence-electron chi connectivity index (χ3n) is 6.18. The van der Waals surface area contributed by atoms with Crippen molar-refractivity contribution in [1.29, 1.82) is 5.26 Å². The van der Waals surface area contributed by atoms with Gasteiger partial charge in [-0.05, 0) is 63.1 Å². The Morgan fingerprint density at radius 3 is 2.79 bits per heavy atom. The van der Waals surface area contributed by atoms with Crippen molar-refractivity contribution < 1.29 is 4.79 Å². The second-order valence-corrected chi connectivity index (χ2v) is 7.93. The minimum atomic E-state index is -0.174. The number of nitrogens with one attached hydrogen (secondary N) is 3. The topological polar surface area (TPSA) is 116 Å². The van der Waals surface area contributed by atoms with E-state index in [2.05, 4.69) is 37.2 Å². The molecule has 0 radical (unpaired) electrons. The van der Waals surface area contributed by atoms with Crippen LogP contribution in [0.5, 0.6) is 0 Å². The third kappa shape index (κ3) is 3.71. The number of rotatable bonds is 3. The molecule has 2 aliphatic rings. The van der Waals surface area contributed by atoms with Crippen molar-refractivity contribution in [2.75, 3.05) is 0 Å². The summed E-state index contributed by atoms with van der Waals surface area (Å²) in [7, 11) is 0. The molecule has 8 heteroatoms. The molecule has 1 aliphatic heterocycles. The molecule has 2 fully saturated rings. The Bertz CT molecular complexity index is 983. The van der Waals surface area contributed by atoms with Gasteiger partial charge in [-0.2, -0.15) is 5.26 Å². The van der Waals surface area contributed by atoms with Gasteiger partial charge in [0.05, 0.1) is 17.3 Å². The van der Waals surface area contributed by atoms with E-state index < -0.39 is 0 Å². The van der Waals surface area contributed by atoms with Crippen molar-refractivity contribution in [2.24, 2.45) is 5.92 Å². The van der Waals surface area contributed by atoms with Crippen molar-refractivity contribution in [3.63, 3.8) is 0 Å². The van der Waals surface area contributed by atoms with Crippen molar-refractivity contribution in [2.45, 2.75) is 58.2 Å². The Balaban J connectivity index is 1.48. The van der Waals surface area contributed by atoms with Gasteiger partial charge >= 0.3 is 0 Å². The average molecular weight is 391 g/mol. The summed E-state index contributed by atoms with van der Waals surface area (Å²) < 4.78 is 0. The summed E-state index contributed by atoms with van der Waals surface area (Å²) in [5.74, 6) is 0.915. The summed E-state index contributed by atoms with van der Waals surface area (Å²) in [4.78, 5) is 25.9. The number of carbonyl (C=O) groups is 1. The SMILES string of the molecule is Cc1nccc(C2NNC3CCC(NC(=O)c4ncc(C#N)c(C)c4C)CC32)n1. The summed E-state index contributed by atoms with van der Waals surface area (Å²) in [6, 6.07) is 4.60. The maximum Gasteiger partial charge on any atom is 0.270 e. The van der Waals surface area contributed by atoms with Gasteiger partial charge in [-0.15, -0.1) is 0 Å². The summed E-state index contributed by atoms with van der Waals surface area (Å²) in [5.41, 5.74) is 10.2. The lowest BCUT2D eigenvalue weighted by molar-refractivity contribution is 0.0909. The Kier molecular flexibility index (Phi) is 5.26. The predicted octanol–water partition coefficient (Wildman–Crippen LogP) is 1.78. The maximum absolute atomic E-state index is 12.9. The van der Waals surface area contributed by atoms with Crippen molar-refractivity contribution in [3.05, 3.63) is 52.4 Å². The van der Waals surface area contributed by atoms with Gasteiger partial charge in [-0.1, -0.05) is 0 Å². The molecule has 2 aromatic rings. The number of aromatic nitrogens is 3. The first kappa shape index (κ1) is 19.4. The van der Waals surface area contributed by atoms with Gasteiger partial charge in [0.2, 0.25) is 0 Å². The molecule has 4 unspecified atom stereocenters. The normalized spacial score (nSPS) is 25.9. The minimum Gasteiger partial charge on any atom is -0.348 e. The van der Waals surface area contributed by atoms with Gasteiger partial charge in [0.1, 0.15) is 17.6 Å². The summed E-state index contributed by atoms with van der Waals surface area (Å²) in [5, 5.41) is 12.3. The fourth-order valence-electron chi connectivity index (χ4n) is 4.43. The predicted molar refractivity (Wildman–Crippen MR) is 107 cm³/mol. The smallest absolute Gasteiger partial charge is 0.270 e. The van der Waals surface area contributed by atoms with E-state index in [4.69, 9.17) is 5.26 Å². The molecule has 2 aromatic heterocycles. The Hall–Kier alpha value is -2.89. The zero-order valence-electron chi connectivity index (χ0n) is 16.9. The lowest BCUT2D eigenvalue weighted by atomic mass is 9.78. The first-order valence-corrected chi connectivity index (χ1v) is 9.95. The first-order chi connectivity index (χ1) is 14.0. The Morgan fingerprint density at radius 2 is 2.03 bits per heavy atom. The van der Waals surface area contributed by atoms with E-state index in [1.807, 2.05) is 26.8 Å². The van der Waals surface area contributed by atoms with Gasteiger partial charge in [-0.25, -0.2) is 20.4 Å². The molecule has 0 bridgehead atoms. The van der Waals surface area contributed by atoms with Crippen LogP contribution in [0.3, 0.4) is 0 Å². The van der Waals surface area contributed by atoms with Gasteiger partial charge in [-0.3, -0.25) is 10.2 Å². The quantitative estimate of drug-likeness (QED) is 0.730. The lowest BCUT2D eigenvalue weighted by Crippen LogP contribution is -2.44. The van der Waals surface area contributed by atoms with E-state index in [-0.39, 0.29) is 18.0 Å². The molecular formula is C21H25N7O. The van der Waals surface area contributed by atoms with E-state index in [0.29, 0.717) is 23.2 Å². The van der Waals surface area contributed by atoms with E-state index in [1.54, 1.807) is 6.20 Å². The van der Waals surface area contributed by atoms with Crippen LogP contribution in [0.15, 0.2) is 18.5 Å². The van der Waals surface area contributed by atoms with Crippen LogP contribution in [-0.4, -0.2) is 32.9 Å². The summed E-state index contributed by atoms with van der Waals surface area (Å²) >= 11 is 0. The van der Waals surface area contributed by atoms with Crippen LogP contribution in [0, 0.1) is 38.0 Å². The molecular weight excluding hydrogens is 366 g/mol. The van der Waals surface area contributed by atoms with Crippen LogP contribution in [-0.2, 0) is 0 Å². The molecule has 0 spiro atoms. The van der Waals surface area contributed by atoms with Crippen LogP contribution < -0.4 is 16.2 Å². The molecule has 4 atom stereocenters. The highest BCUT2D eigenvalue weighted by molar-refractivity contribution is 5.94. The first-order valence-electron chi connectivity index (χ1n) is 9.95. The molecule has 0 aromatic carbocycles. The molecule has 1 aliphatic carbocycles. The highest BCUT2D eigenvalue weighted by Crippen LogP contribution is 2.37. The third-order valence-corrected chi connectivity index (χ3v) is 6.18. The van der Waals surface area contributed by atoms with Crippen molar-refractivity contribution >= 4 is 5.91 Å². The van der Waals surface area contributed by atoms with Gasteiger partial charge in [0.25, 0.3) is 5.91 Å². The van der Waals surface area contributed by atoms with Crippen LogP contribution >= 0.6 is 0 Å². The minimum absolute atomic E-state index is 0.0769. The van der Waals surface area contributed by atoms with Gasteiger partial charge in [0.15, 0.2) is 0 Å². The van der Waals surface area contributed by atoms with Crippen LogP contribution in [0.2, 0.25) is 0 Å². The molecule has 3 N–H and O–H groups in total. The molecule has 1 saturated heterocycles. The van der Waals surface area contributed by atoms with Crippen LogP contribution in [0.1, 0.15) is 64.0 Å². The second kappa shape index (κ2) is 7.85. The molecule has 150 valence electrons. The van der Waals surface area contributed by atoms with Crippen LogP contribution in [0.4, 0.5) is 0 Å². The summed E-state index contributed by atoms with van der Waals surface area (Å²) in [6.07, 6.45) is 6.01. The number of carbonyl (C=O) groups excluding carboxylic acids is 1. The number of pyridine rings is 1. The van der Waals surface area contributed by atoms with E-state index in [0.717, 1.165) is 41.9 Å². The van der Waals surface area contributed by atoms with Crippen LogP contribution in [0.25, 0.3) is 0 Å². The number of hydrazine groups is 1. The number of nitriles is 1. The van der Waals surface area contributed by atoms with E-state index in [9.17, 15) is 4.79 Å². The molecule has 8 nitrogen and oxygen atoms in total. The number of aryl methyl sites for hydroxylation is 1. The molecule has 29 heavy (non-hydrogen) atoms. The monoisotopic (exact) mass is 391 g/mol. The number of nitrogens with zero attached hydrogens (tertiary/aromatic N) is 4. The van der Waals surface area contributed by atoms with Gasteiger partial charge < -0.3 is 5.32 Å². The highest BCUT2D eigenvalue weighted by Gasteiger charge is 2.42. The second-order valence-electron chi connectivity index (χ2n) is 7.93. The average Bonchev–Trinajstić information content (AvgIpc) is 3.13. The maximum atomic E-state index is 12.9. The number of hydrogen-bond acceptors (Lipinski definition) is 7. The number of hydrogen-bond donors (Lipinski definition) is 3. The Morgan fingerprint density at radius 1 is 1.21 bits per heavy atom.